The molecule has 2 aromatic heterocycles. The second-order valence-electron chi connectivity index (χ2n) is 3.67. The second kappa shape index (κ2) is 5.22. The van der Waals surface area contributed by atoms with E-state index in [1.165, 1.54) is 6.07 Å². The van der Waals surface area contributed by atoms with Crippen molar-refractivity contribution in [2.24, 2.45) is 0 Å². The average Bonchev–Trinajstić information content (AvgIpc) is 2.39. The molecule has 6 nitrogen and oxygen atoms in total. The summed E-state index contributed by atoms with van der Waals surface area (Å²) in [7, 11) is 1.72. The topological polar surface area (TPSA) is 81.0 Å². The maximum absolute atomic E-state index is 10.9. The van der Waals surface area contributed by atoms with Gasteiger partial charge in [0.05, 0.1) is 4.92 Å². The predicted octanol–water partition coefficient (Wildman–Crippen LogP) is 2.02. The third kappa shape index (κ3) is 2.60. The Balaban J connectivity index is 2.38. The van der Waals surface area contributed by atoms with Gasteiger partial charge in [-0.05, 0) is 18.2 Å². The fourth-order valence-electron chi connectivity index (χ4n) is 1.60. The summed E-state index contributed by atoms with van der Waals surface area (Å²) < 4.78 is 0. The van der Waals surface area contributed by atoms with Crippen LogP contribution in [0, 0.1) is 10.1 Å². The number of nitrogens with one attached hydrogen (secondary N) is 1. The van der Waals surface area contributed by atoms with E-state index in [4.69, 9.17) is 0 Å². The molecule has 0 saturated carbocycles. The quantitative estimate of drug-likeness (QED) is 0.657. The Morgan fingerprint density at radius 1 is 1.33 bits per heavy atom. The Hall–Kier alpha value is -2.50. The van der Waals surface area contributed by atoms with Crippen LogP contribution in [0.4, 0.5) is 11.5 Å². The Morgan fingerprint density at radius 3 is 2.78 bits per heavy atom. The molecule has 0 unspecified atom stereocenters. The van der Waals surface area contributed by atoms with Gasteiger partial charge < -0.3 is 5.32 Å². The van der Waals surface area contributed by atoms with Crippen molar-refractivity contribution in [3.8, 4) is 0 Å². The molecule has 0 bridgehead atoms. The highest BCUT2D eigenvalue weighted by atomic mass is 16.6. The molecule has 92 valence electrons. The van der Waals surface area contributed by atoms with Gasteiger partial charge in [-0.25, -0.2) is 4.98 Å². The highest BCUT2D eigenvalue weighted by Crippen LogP contribution is 2.21. The van der Waals surface area contributed by atoms with Crippen molar-refractivity contribution in [2.45, 2.75) is 6.42 Å². The van der Waals surface area contributed by atoms with E-state index in [0.717, 1.165) is 5.69 Å². The summed E-state index contributed by atoms with van der Waals surface area (Å²) in [5.41, 5.74) is 1.17. The molecule has 0 aromatic carbocycles. The van der Waals surface area contributed by atoms with Gasteiger partial charge in [-0.1, -0.05) is 6.07 Å². The Morgan fingerprint density at radius 2 is 2.17 bits per heavy atom. The lowest BCUT2D eigenvalue weighted by Crippen LogP contribution is -2.03. The number of hydrogen-bond acceptors (Lipinski definition) is 5. The molecule has 0 aliphatic heterocycles. The number of hydrogen-bond donors (Lipinski definition) is 1. The van der Waals surface area contributed by atoms with Crippen LogP contribution in [0.15, 0.2) is 36.5 Å². The van der Waals surface area contributed by atoms with Crippen LogP contribution in [0.1, 0.15) is 11.4 Å². The largest absolute Gasteiger partial charge is 0.373 e. The minimum Gasteiger partial charge on any atom is -0.373 e. The number of nitrogens with zero attached hydrogens (tertiary/aromatic N) is 3. The van der Waals surface area contributed by atoms with E-state index in [-0.39, 0.29) is 5.69 Å². The van der Waals surface area contributed by atoms with Gasteiger partial charge in [0.2, 0.25) is 0 Å². The van der Waals surface area contributed by atoms with E-state index >= 15 is 0 Å². The molecule has 2 rings (SSSR count). The maximum atomic E-state index is 10.9. The third-order valence-corrected chi connectivity index (χ3v) is 2.48. The number of nitro groups is 1. The molecule has 2 aromatic rings. The molecule has 1 N–H and O–H groups in total. The summed E-state index contributed by atoms with van der Waals surface area (Å²) in [6.45, 7) is 0. The molecular formula is C12H12N4O2. The third-order valence-electron chi connectivity index (χ3n) is 2.48. The molecular weight excluding hydrogens is 232 g/mol. The molecule has 0 aliphatic rings. The Bertz CT molecular complexity index is 557. The molecule has 0 spiro atoms. The molecule has 0 fully saturated rings. The van der Waals surface area contributed by atoms with E-state index < -0.39 is 4.92 Å². The summed E-state index contributed by atoms with van der Waals surface area (Å²) in [4.78, 5) is 18.9. The highest BCUT2D eigenvalue weighted by Gasteiger charge is 2.16. The van der Waals surface area contributed by atoms with Crippen molar-refractivity contribution < 1.29 is 4.92 Å². The normalized spacial score (nSPS) is 10.1. The first kappa shape index (κ1) is 12.0. The second-order valence-corrected chi connectivity index (χ2v) is 3.67. The van der Waals surface area contributed by atoms with E-state index in [2.05, 4.69) is 15.3 Å². The standard InChI is InChI=1S/C12H12N4O2/c1-13-12-6-5-11(16(17)18)10(15-12)8-9-4-2-3-7-14-9/h2-7H,8H2,1H3,(H,13,15). The molecule has 18 heavy (non-hydrogen) atoms. The zero-order chi connectivity index (χ0) is 13.0. The molecule has 2 heterocycles. The van der Waals surface area contributed by atoms with Gasteiger partial charge >= 0.3 is 0 Å². The fraction of sp³-hybridized carbons (Fsp3) is 0.167. The van der Waals surface area contributed by atoms with Crippen molar-refractivity contribution in [2.75, 3.05) is 12.4 Å². The smallest absolute Gasteiger partial charge is 0.291 e. The summed E-state index contributed by atoms with van der Waals surface area (Å²) in [5.74, 6) is 0.603. The molecule has 0 radical (unpaired) electrons. The van der Waals surface area contributed by atoms with Crippen molar-refractivity contribution in [1.29, 1.82) is 0 Å². The van der Waals surface area contributed by atoms with Crippen molar-refractivity contribution in [3.63, 3.8) is 0 Å². The van der Waals surface area contributed by atoms with Gasteiger partial charge in [0.1, 0.15) is 11.5 Å². The monoisotopic (exact) mass is 244 g/mol. The highest BCUT2D eigenvalue weighted by molar-refractivity contribution is 5.46. The minimum atomic E-state index is -0.426. The van der Waals surface area contributed by atoms with Gasteiger partial charge in [-0.15, -0.1) is 0 Å². The Kier molecular flexibility index (Phi) is 3.47. The number of anilines is 1. The van der Waals surface area contributed by atoms with Crippen LogP contribution < -0.4 is 5.32 Å². The van der Waals surface area contributed by atoms with Gasteiger partial charge in [-0.2, -0.15) is 0 Å². The summed E-state index contributed by atoms with van der Waals surface area (Å²) in [6, 6.07) is 8.50. The average molecular weight is 244 g/mol. The molecule has 0 amide bonds. The van der Waals surface area contributed by atoms with Gasteiger partial charge in [0, 0.05) is 31.4 Å². The van der Waals surface area contributed by atoms with Crippen LogP contribution in [0.25, 0.3) is 0 Å². The number of rotatable bonds is 4. The van der Waals surface area contributed by atoms with E-state index in [1.54, 1.807) is 25.4 Å². The lowest BCUT2D eigenvalue weighted by Gasteiger charge is -2.04. The minimum absolute atomic E-state index is 0.0136. The first-order valence-corrected chi connectivity index (χ1v) is 5.42. The number of aromatic nitrogens is 2. The van der Waals surface area contributed by atoms with Crippen LogP contribution in [-0.2, 0) is 6.42 Å². The van der Waals surface area contributed by atoms with Gasteiger partial charge in [-0.3, -0.25) is 15.1 Å². The first-order chi connectivity index (χ1) is 8.70. The molecule has 6 heteroatoms. The number of pyridine rings is 2. The molecule has 0 aliphatic carbocycles. The van der Waals surface area contributed by atoms with Crippen molar-refractivity contribution >= 4 is 11.5 Å². The van der Waals surface area contributed by atoms with Crippen molar-refractivity contribution in [3.05, 3.63) is 58.0 Å². The van der Waals surface area contributed by atoms with E-state index in [0.29, 0.717) is 17.9 Å². The molecule has 0 saturated heterocycles. The van der Waals surface area contributed by atoms with Crippen LogP contribution >= 0.6 is 0 Å². The summed E-state index contributed by atoms with van der Waals surface area (Å²) in [6.07, 6.45) is 2.00. The van der Waals surface area contributed by atoms with Crippen LogP contribution in [-0.4, -0.2) is 21.9 Å². The first-order valence-electron chi connectivity index (χ1n) is 5.42. The van der Waals surface area contributed by atoms with Crippen molar-refractivity contribution in [1.82, 2.24) is 9.97 Å². The zero-order valence-electron chi connectivity index (χ0n) is 9.83. The van der Waals surface area contributed by atoms with Crippen LogP contribution in [0.3, 0.4) is 0 Å². The predicted molar refractivity (Wildman–Crippen MR) is 67.5 cm³/mol. The molecule has 0 atom stereocenters. The lowest BCUT2D eigenvalue weighted by atomic mass is 10.1. The zero-order valence-corrected chi connectivity index (χ0v) is 9.83. The van der Waals surface area contributed by atoms with Gasteiger partial charge in [0.25, 0.3) is 5.69 Å². The Labute approximate surface area is 104 Å². The van der Waals surface area contributed by atoms with E-state index in [1.807, 2.05) is 12.1 Å². The lowest BCUT2D eigenvalue weighted by molar-refractivity contribution is -0.385. The van der Waals surface area contributed by atoms with Crippen LogP contribution in [0.5, 0.6) is 0 Å². The van der Waals surface area contributed by atoms with Crippen LogP contribution in [0.2, 0.25) is 0 Å². The maximum Gasteiger partial charge on any atom is 0.291 e. The summed E-state index contributed by atoms with van der Waals surface area (Å²) in [5, 5.41) is 13.8. The summed E-state index contributed by atoms with van der Waals surface area (Å²) >= 11 is 0. The van der Waals surface area contributed by atoms with E-state index in [9.17, 15) is 10.1 Å². The van der Waals surface area contributed by atoms with Gasteiger partial charge in [0.15, 0.2) is 0 Å². The fourth-order valence-corrected chi connectivity index (χ4v) is 1.60. The SMILES string of the molecule is CNc1ccc([N+](=O)[O-])c(Cc2ccccn2)n1.